The standard InChI is InChI=1S/C16H14ClF2N3O2S/c1-9-5-12(6-10(2)16(9)23)25-8-15(17)20-22(21-25)24-14-7-11(18)3-4-13(14)19/h3-8,20-21H,1-2H3/p+1. The van der Waals surface area contributed by atoms with Gasteiger partial charge in [-0.15, -0.1) is 0 Å². The quantitative estimate of drug-likeness (QED) is 0.548. The van der Waals surface area contributed by atoms with Gasteiger partial charge in [0.15, 0.2) is 16.7 Å². The molecule has 1 aromatic heterocycles. The Labute approximate surface area is 149 Å². The highest BCUT2D eigenvalue weighted by Gasteiger charge is 2.16. The minimum atomic E-state index is -0.716. The molecular formula is C16H15ClF2N3O2S+. The second-order valence-electron chi connectivity index (χ2n) is 5.37. The van der Waals surface area contributed by atoms with Gasteiger partial charge < -0.3 is 9.94 Å². The van der Waals surface area contributed by atoms with Gasteiger partial charge in [-0.25, -0.2) is 13.9 Å². The van der Waals surface area contributed by atoms with Crippen LogP contribution in [0.5, 0.6) is 11.5 Å². The van der Waals surface area contributed by atoms with Crippen LogP contribution in [0.4, 0.5) is 8.78 Å². The second-order valence-corrected chi connectivity index (χ2v) is 7.35. The zero-order valence-corrected chi connectivity index (χ0v) is 14.9. The van der Waals surface area contributed by atoms with Crippen LogP contribution < -0.4 is 4.84 Å². The summed E-state index contributed by atoms with van der Waals surface area (Å²) in [5, 5.41) is 14.5. The minimum Gasteiger partial charge on any atom is -0.507 e. The number of rotatable bonds is 3. The van der Waals surface area contributed by atoms with Gasteiger partial charge in [0.2, 0.25) is 10.3 Å². The number of aromatic nitrogens is 3. The molecule has 132 valence electrons. The van der Waals surface area contributed by atoms with Crippen LogP contribution in [0.25, 0.3) is 4.90 Å². The van der Waals surface area contributed by atoms with Gasteiger partial charge in [0, 0.05) is 18.2 Å². The van der Waals surface area contributed by atoms with Crippen LogP contribution in [0.2, 0.25) is 5.15 Å². The number of phenolic OH excluding ortho intramolecular Hbond substituents is 1. The van der Waals surface area contributed by atoms with Crippen LogP contribution in [0, 0.1) is 25.5 Å². The Morgan fingerprint density at radius 2 is 1.84 bits per heavy atom. The molecule has 9 heteroatoms. The molecule has 1 heterocycles. The monoisotopic (exact) mass is 386 g/mol. The topological polar surface area (TPSA) is 66.0 Å². The van der Waals surface area contributed by atoms with Crippen molar-refractivity contribution in [2.45, 2.75) is 13.8 Å². The number of hydrogen-bond donors (Lipinski definition) is 3. The summed E-state index contributed by atoms with van der Waals surface area (Å²) in [6.45, 7) is 3.58. The molecule has 0 aliphatic heterocycles. The van der Waals surface area contributed by atoms with Gasteiger partial charge in [0.25, 0.3) is 0 Å². The Morgan fingerprint density at radius 3 is 2.52 bits per heavy atom. The largest absolute Gasteiger partial charge is 0.507 e. The summed E-state index contributed by atoms with van der Waals surface area (Å²) in [5.74, 6) is -1.41. The first-order chi connectivity index (χ1) is 11.8. The highest BCUT2D eigenvalue weighted by Crippen LogP contribution is 2.34. The lowest BCUT2D eigenvalue weighted by Crippen LogP contribution is -2.14. The van der Waals surface area contributed by atoms with E-state index in [2.05, 4.69) is 9.59 Å². The molecule has 25 heavy (non-hydrogen) atoms. The molecule has 0 aliphatic rings. The zero-order valence-electron chi connectivity index (χ0n) is 13.3. The van der Waals surface area contributed by atoms with E-state index in [1.54, 1.807) is 19.2 Å². The third kappa shape index (κ3) is 3.80. The number of nitrogens with zero attached hydrogens (tertiary/aromatic N) is 1. The van der Waals surface area contributed by atoms with Gasteiger partial charge in [0.1, 0.15) is 22.2 Å². The number of hydrogen-bond acceptors (Lipinski definition) is 2. The van der Waals surface area contributed by atoms with Crippen molar-refractivity contribution in [3.8, 4) is 16.4 Å². The lowest BCUT2D eigenvalue weighted by Gasteiger charge is -2.09. The van der Waals surface area contributed by atoms with Crippen molar-refractivity contribution in [2.24, 2.45) is 0 Å². The van der Waals surface area contributed by atoms with Gasteiger partial charge in [0.05, 0.1) is 0 Å². The van der Waals surface area contributed by atoms with Crippen molar-refractivity contribution in [1.82, 2.24) is 14.5 Å². The van der Waals surface area contributed by atoms with E-state index >= 15 is 0 Å². The minimum absolute atomic E-state index is 0.229. The van der Waals surface area contributed by atoms with Crippen LogP contribution in [-0.4, -0.2) is 19.7 Å². The van der Waals surface area contributed by atoms with E-state index in [1.807, 2.05) is 12.1 Å². The van der Waals surface area contributed by atoms with Crippen LogP contribution >= 0.6 is 22.3 Å². The summed E-state index contributed by atoms with van der Waals surface area (Å²) in [6, 6.07) is 6.52. The lowest BCUT2D eigenvalue weighted by atomic mass is 10.1. The zero-order chi connectivity index (χ0) is 18.1. The Hall–Kier alpha value is -2.45. The molecule has 3 rings (SSSR count). The average molecular weight is 387 g/mol. The fourth-order valence-corrected chi connectivity index (χ4v) is 3.98. The third-order valence-electron chi connectivity index (χ3n) is 3.41. The molecule has 0 fully saturated rings. The predicted octanol–water partition coefficient (Wildman–Crippen LogP) is 5.10. The summed E-state index contributed by atoms with van der Waals surface area (Å²) >= 11 is 6.08. The molecular weight excluding hydrogens is 372 g/mol. The van der Waals surface area contributed by atoms with Crippen LogP contribution in [0.15, 0.2) is 35.7 Å². The summed E-state index contributed by atoms with van der Waals surface area (Å²) in [5.41, 5.74) is 1.44. The fraction of sp³-hybridized carbons (Fsp3) is 0.125. The Balaban J connectivity index is 2.03. The molecule has 0 spiro atoms. The van der Waals surface area contributed by atoms with E-state index in [0.717, 1.165) is 39.2 Å². The number of halogens is 3. The van der Waals surface area contributed by atoms with Gasteiger partial charge in [-0.05, 0) is 42.1 Å². The van der Waals surface area contributed by atoms with E-state index in [0.29, 0.717) is 0 Å². The number of benzene rings is 2. The number of H-pyrrole nitrogens is 2. The van der Waals surface area contributed by atoms with Crippen molar-refractivity contribution in [3.05, 3.63) is 63.6 Å². The summed E-state index contributed by atoms with van der Waals surface area (Å²) in [7, 11) is -0.716. The summed E-state index contributed by atoms with van der Waals surface area (Å²) in [6.07, 6.45) is 0. The van der Waals surface area contributed by atoms with Gasteiger partial charge in [-0.1, -0.05) is 16.1 Å². The molecule has 0 saturated heterocycles. The molecule has 0 aliphatic carbocycles. The predicted molar refractivity (Wildman–Crippen MR) is 93.1 cm³/mol. The molecule has 0 radical (unpaired) electrons. The molecule has 5 nitrogen and oxygen atoms in total. The number of nitrogens with one attached hydrogen (secondary N) is 2. The number of phenols is 1. The first-order valence-corrected chi connectivity index (χ1v) is 8.87. The molecule has 3 aromatic rings. The second kappa shape index (κ2) is 6.81. The molecule has 0 saturated carbocycles. The highest BCUT2D eigenvalue weighted by atomic mass is 35.5. The van der Waals surface area contributed by atoms with Crippen molar-refractivity contribution in [3.63, 3.8) is 0 Å². The van der Waals surface area contributed by atoms with E-state index in [4.69, 9.17) is 16.4 Å². The maximum Gasteiger partial charge on any atom is 0.204 e. The molecule has 1 unspecified atom stereocenters. The first kappa shape index (κ1) is 17.4. The SMILES string of the molecule is Cc1cc(-[s+]2cc(Cl)[nH]n(Oc3cc(F)ccc3F)[nH]2)cc(C)c1O. The van der Waals surface area contributed by atoms with Crippen molar-refractivity contribution >= 4 is 22.3 Å². The highest BCUT2D eigenvalue weighted by molar-refractivity contribution is 7.33. The number of aryl methyl sites for hydroxylation is 2. The van der Waals surface area contributed by atoms with Crippen LogP contribution in [-0.2, 0) is 0 Å². The number of aromatic hydroxyl groups is 1. The molecule has 1 atom stereocenters. The Morgan fingerprint density at radius 1 is 1.16 bits per heavy atom. The van der Waals surface area contributed by atoms with E-state index in [1.165, 1.54) is 0 Å². The van der Waals surface area contributed by atoms with Crippen molar-refractivity contribution in [1.29, 1.82) is 0 Å². The van der Waals surface area contributed by atoms with Crippen LogP contribution in [0.1, 0.15) is 11.1 Å². The van der Waals surface area contributed by atoms with E-state index < -0.39 is 22.3 Å². The molecule has 0 bridgehead atoms. The molecule has 3 N–H and O–H groups in total. The normalized spacial score (nSPS) is 11.5. The van der Waals surface area contributed by atoms with Crippen LogP contribution in [0.3, 0.4) is 0 Å². The third-order valence-corrected chi connectivity index (χ3v) is 5.31. The maximum atomic E-state index is 13.7. The Kier molecular flexibility index (Phi) is 4.73. The van der Waals surface area contributed by atoms with Gasteiger partial charge >= 0.3 is 0 Å². The lowest BCUT2D eigenvalue weighted by molar-refractivity contribution is 0.132. The molecule has 2 aromatic carbocycles. The smallest absolute Gasteiger partial charge is 0.204 e. The van der Waals surface area contributed by atoms with E-state index in [9.17, 15) is 13.9 Å². The summed E-state index contributed by atoms with van der Waals surface area (Å²) in [4.78, 5) is 7.16. The van der Waals surface area contributed by atoms with Crippen molar-refractivity contribution < 1.29 is 18.7 Å². The maximum absolute atomic E-state index is 13.7. The molecule has 0 amide bonds. The van der Waals surface area contributed by atoms with Gasteiger partial charge in [-0.2, -0.15) is 0 Å². The van der Waals surface area contributed by atoms with Crippen molar-refractivity contribution in [2.75, 3.05) is 0 Å². The Bertz CT molecular complexity index is 949. The fourth-order valence-electron chi connectivity index (χ4n) is 2.22. The first-order valence-electron chi connectivity index (χ1n) is 7.20. The summed E-state index contributed by atoms with van der Waals surface area (Å²) < 4.78 is 30.0. The van der Waals surface area contributed by atoms with Gasteiger partial charge in [-0.3, -0.25) is 0 Å². The number of aromatic amines is 2. The van der Waals surface area contributed by atoms with E-state index in [-0.39, 0.29) is 16.7 Å². The average Bonchev–Trinajstić information content (AvgIpc) is 2.55.